The topological polar surface area (TPSA) is 41.0 Å². The van der Waals surface area contributed by atoms with E-state index >= 15 is 0 Å². The number of nitrogens with one attached hydrogen (secondary N) is 1. The molecule has 2 aromatic rings. The summed E-state index contributed by atoms with van der Waals surface area (Å²) in [5.41, 5.74) is 5.13. The summed E-state index contributed by atoms with van der Waals surface area (Å²) >= 11 is 2.14. The molecule has 4 nitrogen and oxygen atoms in total. The fourth-order valence-corrected chi connectivity index (χ4v) is 2.39. The highest BCUT2D eigenvalue weighted by molar-refractivity contribution is 14.1. The smallest absolute Gasteiger partial charge is 0.242 e. The first kappa shape index (κ1) is 11.6. The molecule has 0 fully saturated rings. The number of hydrogen-bond acceptors (Lipinski definition) is 4. The van der Waals surface area contributed by atoms with Crippen LogP contribution in [-0.2, 0) is 6.42 Å². The van der Waals surface area contributed by atoms with Crippen molar-refractivity contribution in [2.45, 2.75) is 6.42 Å². The van der Waals surface area contributed by atoms with E-state index in [2.05, 4.69) is 38.0 Å². The molecule has 0 radical (unpaired) electrons. The van der Waals surface area contributed by atoms with Crippen LogP contribution in [0.15, 0.2) is 30.5 Å². The zero-order valence-electron chi connectivity index (χ0n) is 9.40. The third kappa shape index (κ3) is 2.24. The van der Waals surface area contributed by atoms with E-state index in [0.717, 1.165) is 27.9 Å². The average Bonchev–Trinajstić information content (AvgIpc) is 2.72. The third-order valence-electron chi connectivity index (χ3n) is 2.79. The Morgan fingerprint density at radius 1 is 1.33 bits per heavy atom. The van der Waals surface area contributed by atoms with Gasteiger partial charge in [-0.3, -0.25) is 10.4 Å². The second kappa shape index (κ2) is 4.68. The monoisotopic (exact) mass is 356 g/mol. The first-order valence-electron chi connectivity index (χ1n) is 5.53. The molecule has 3 rings (SSSR count). The second-order valence-corrected chi connectivity index (χ2v) is 5.09. The van der Waals surface area contributed by atoms with Gasteiger partial charge in [0.1, 0.15) is 9.52 Å². The summed E-state index contributed by atoms with van der Waals surface area (Å²) in [5.74, 6) is 0.361. The van der Waals surface area contributed by atoms with E-state index in [4.69, 9.17) is 0 Å². The molecule has 0 saturated heterocycles. The SMILES string of the molecule is Fc1ccc2c(c1)CCN2Nc1nccc(I)n1. The number of halogens is 2. The minimum atomic E-state index is -0.193. The van der Waals surface area contributed by atoms with Crippen LogP contribution in [0, 0.1) is 9.52 Å². The molecule has 92 valence electrons. The molecule has 0 bridgehead atoms. The van der Waals surface area contributed by atoms with E-state index < -0.39 is 0 Å². The molecule has 0 unspecified atom stereocenters. The van der Waals surface area contributed by atoms with Gasteiger partial charge >= 0.3 is 0 Å². The summed E-state index contributed by atoms with van der Waals surface area (Å²) in [6, 6.07) is 6.65. The first-order chi connectivity index (χ1) is 8.72. The van der Waals surface area contributed by atoms with Gasteiger partial charge in [-0.25, -0.2) is 14.4 Å². The molecular weight excluding hydrogens is 346 g/mol. The maximum absolute atomic E-state index is 13.1. The van der Waals surface area contributed by atoms with Crippen LogP contribution in [0.3, 0.4) is 0 Å². The lowest BCUT2D eigenvalue weighted by atomic mass is 10.2. The van der Waals surface area contributed by atoms with Crippen LogP contribution in [0.2, 0.25) is 0 Å². The van der Waals surface area contributed by atoms with Crippen molar-refractivity contribution in [1.29, 1.82) is 0 Å². The van der Waals surface area contributed by atoms with Crippen LogP contribution < -0.4 is 10.4 Å². The van der Waals surface area contributed by atoms with Crippen LogP contribution >= 0.6 is 22.6 Å². The predicted octanol–water partition coefficient (Wildman–Crippen LogP) is 2.61. The normalized spacial score (nSPS) is 13.6. The van der Waals surface area contributed by atoms with Crippen molar-refractivity contribution in [3.8, 4) is 0 Å². The van der Waals surface area contributed by atoms with Gasteiger partial charge in [0.2, 0.25) is 5.95 Å². The number of benzene rings is 1. The minimum absolute atomic E-state index is 0.193. The van der Waals surface area contributed by atoms with E-state index in [1.54, 1.807) is 18.3 Å². The Morgan fingerprint density at radius 3 is 3.06 bits per heavy atom. The summed E-state index contributed by atoms with van der Waals surface area (Å²) in [6.45, 7) is 0.785. The number of aromatic nitrogens is 2. The molecular formula is C12H10FIN4. The first-order valence-corrected chi connectivity index (χ1v) is 6.61. The number of fused-ring (bicyclic) bond motifs is 1. The zero-order valence-corrected chi connectivity index (χ0v) is 11.6. The quantitative estimate of drug-likeness (QED) is 0.664. The van der Waals surface area contributed by atoms with Crippen molar-refractivity contribution in [3.63, 3.8) is 0 Å². The van der Waals surface area contributed by atoms with Crippen LogP contribution in [0.4, 0.5) is 16.0 Å². The van der Waals surface area contributed by atoms with Crippen LogP contribution in [0.25, 0.3) is 0 Å². The van der Waals surface area contributed by atoms with Crippen LogP contribution in [0.5, 0.6) is 0 Å². The Hall–Kier alpha value is -1.44. The Balaban J connectivity index is 1.85. The summed E-state index contributed by atoms with van der Waals surface area (Å²) in [4.78, 5) is 8.43. The molecule has 1 N–H and O–H groups in total. The standard InChI is InChI=1S/C12H10FIN4/c13-9-1-2-10-8(7-9)4-6-18(10)17-12-15-5-3-11(14)16-12/h1-3,5,7H,4,6H2,(H,15,16,17). The van der Waals surface area contributed by atoms with Crippen LogP contribution in [0.1, 0.15) is 5.56 Å². The summed E-state index contributed by atoms with van der Waals surface area (Å²) < 4.78 is 14.0. The summed E-state index contributed by atoms with van der Waals surface area (Å²) in [5, 5.41) is 1.94. The summed E-state index contributed by atoms with van der Waals surface area (Å²) in [6.07, 6.45) is 2.53. The molecule has 0 amide bonds. The van der Waals surface area contributed by atoms with Gasteiger partial charge in [0.15, 0.2) is 0 Å². The van der Waals surface area contributed by atoms with Crippen LogP contribution in [-0.4, -0.2) is 16.5 Å². The van der Waals surface area contributed by atoms with Crippen molar-refractivity contribution in [1.82, 2.24) is 9.97 Å². The van der Waals surface area contributed by atoms with Gasteiger partial charge in [-0.1, -0.05) is 0 Å². The maximum Gasteiger partial charge on any atom is 0.242 e. The Kier molecular flexibility index (Phi) is 3.02. The van der Waals surface area contributed by atoms with Crippen molar-refractivity contribution < 1.29 is 4.39 Å². The number of rotatable bonds is 2. The van der Waals surface area contributed by atoms with Gasteiger partial charge in [0.25, 0.3) is 0 Å². The van der Waals surface area contributed by atoms with Crippen molar-refractivity contribution in [2.24, 2.45) is 0 Å². The van der Waals surface area contributed by atoms with Gasteiger partial charge < -0.3 is 0 Å². The van der Waals surface area contributed by atoms with Gasteiger partial charge in [-0.15, -0.1) is 0 Å². The Labute approximate surface area is 117 Å². The fraction of sp³-hybridized carbons (Fsp3) is 0.167. The van der Waals surface area contributed by atoms with E-state index in [1.807, 2.05) is 11.1 Å². The van der Waals surface area contributed by atoms with Crippen molar-refractivity contribution >= 4 is 34.2 Å². The molecule has 6 heteroatoms. The number of anilines is 2. The lowest BCUT2D eigenvalue weighted by Crippen LogP contribution is -2.28. The highest BCUT2D eigenvalue weighted by atomic mass is 127. The molecule has 0 aliphatic carbocycles. The number of hydrazine groups is 1. The highest BCUT2D eigenvalue weighted by Gasteiger charge is 2.20. The molecule has 1 aromatic heterocycles. The van der Waals surface area contributed by atoms with Crippen molar-refractivity contribution in [3.05, 3.63) is 45.5 Å². The lowest BCUT2D eigenvalue weighted by Gasteiger charge is -2.20. The van der Waals surface area contributed by atoms with E-state index in [9.17, 15) is 4.39 Å². The number of hydrogen-bond donors (Lipinski definition) is 1. The molecule has 1 aliphatic heterocycles. The largest absolute Gasteiger partial charge is 0.285 e. The fourth-order valence-electron chi connectivity index (χ4n) is 2.00. The van der Waals surface area contributed by atoms with Gasteiger partial charge in [0, 0.05) is 12.7 Å². The van der Waals surface area contributed by atoms with Gasteiger partial charge in [-0.05, 0) is 58.8 Å². The van der Waals surface area contributed by atoms with E-state index in [0.29, 0.717) is 5.95 Å². The lowest BCUT2D eigenvalue weighted by molar-refractivity contribution is 0.626. The highest BCUT2D eigenvalue weighted by Crippen LogP contribution is 2.28. The molecule has 1 aliphatic rings. The zero-order chi connectivity index (χ0) is 12.5. The van der Waals surface area contributed by atoms with Gasteiger partial charge in [-0.2, -0.15) is 0 Å². The Bertz CT molecular complexity index is 590. The molecule has 0 spiro atoms. The molecule has 2 heterocycles. The maximum atomic E-state index is 13.1. The summed E-state index contributed by atoms with van der Waals surface area (Å²) in [7, 11) is 0. The average molecular weight is 356 g/mol. The predicted molar refractivity (Wildman–Crippen MR) is 75.8 cm³/mol. The molecule has 0 saturated carbocycles. The molecule has 18 heavy (non-hydrogen) atoms. The molecule has 1 aromatic carbocycles. The van der Waals surface area contributed by atoms with Gasteiger partial charge in [0.05, 0.1) is 5.69 Å². The third-order valence-corrected chi connectivity index (χ3v) is 3.39. The second-order valence-electron chi connectivity index (χ2n) is 3.99. The molecule has 0 atom stereocenters. The van der Waals surface area contributed by atoms with Crippen molar-refractivity contribution in [2.75, 3.05) is 17.0 Å². The number of nitrogens with zero attached hydrogens (tertiary/aromatic N) is 3. The Morgan fingerprint density at radius 2 is 2.22 bits per heavy atom. The van der Waals surface area contributed by atoms with E-state index in [1.165, 1.54) is 6.07 Å². The minimum Gasteiger partial charge on any atom is -0.285 e. The van der Waals surface area contributed by atoms with E-state index in [-0.39, 0.29) is 5.82 Å².